The maximum atomic E-state index is 12.4. The number of ether oxygens (including phenoxy) is 1. The Morgan fingerprint density at radius 1 is 1.25 bits per heavy atom. The summed E-state index contributed by atoms with van der Waals surface area (Å²) in [5.41, 5.74) is 1.81. The molecule has 0 unspecified atom stereocenters. The van der Waals surface area contributed by atoms with Gasteiger partial charge < -0.3 is 20.3 Å². The highest BCUT2D eigenvalue weighted by atomic mass is 35.5. The molecule has 0 aliphatic carbocycles. The lowest BCUT2D eigenvalue weighted by atomic mass is 10.1. The van der Waals surface area contributed by atoms with Gasteiger partial charge in [-0.15, -0.1) is 24.8 Å². The van der Waals surface area contributed by atoms with Crippen LogP contribution in [0.25, 0.3) is 0 Å². The van der Waals surface area contributed by atoms with Crippen LogP contribution in [0.4, 0.5) is 11.4 Å². The average Bonchev–Trinajstić information content (AvgIpc) is 2.56. The third-order valence-electron chi connectivity index (χ3n) is 4.13. The first-order valence-corrected chi connectivity index (χ1v) is 8.29. The minimum Gasteiger partial charge on any atom is -0.370 e. The molecule has 0 aromatic heterocycles. The minimum atomic E-state index is -0.443. The van der Waals surface area contributed by atoms with E-state index in [1.165, 1.54) is 19.3 Å². The Morgan fingerprint density at radius 2 is 2.00 bits per heavy atom. The van der Waals surface area contributed by atoms with Gasteiger partial charge in [0.2, 0.25) is 0 Å². The maximum absolute atomic E-state index is 12.4. The second kappa shape index (κ2) is 10.3. The molecule has 1 amide bonds. The number of benzene rings is 1. The van der Waals surface area contributed by atoms with Gasteiger partial charge >= 0.3 is 0 Å². The van der Waals surface area contributed by atoms with Crippen LogP contribution in [0, 0.1) is 0 Å². The lowest BCUT2D eigenvalue weighted by Gasteiger charge is -2.31. The predicted molar refractivity (Wildman–Crippen MR) is 103 cm³/mol. The van der Waals surface area contributed by atoms with E-state index in [1.807, 2.05) is 18.2 Å². The molecule has 1 aromatic carbocycles. The van der Waals surface area contributed by atoms with Crippen molar-refractivity contribution in [2.75, 3.05) is 43.0 Å². The lowest BCUT2D eigenvalue weighted by molar-refractivity contribution is -0.128. The van der Waals surface area contributed by atoms with Gasteiger partial charge in [-0.1, -0.05) is 11.6 Å². The van der Waals surface area contributed by atoms with Crippen molar-refractivity contribution < 1.29 is 9.53 Å². The number of hydrogen-bond acceptors (Lipinski definition) is 4. The molecule has 2 fully saturated rings. The molecule has 0 bridgehead atoms. The van der Waals surface area contributed by atoms with Crippen molar-refractivity contribution in [1.82, 2.24) is 5.32 Å². The van der Waals surface area contributed by atoms with Crippen molar-refractivity contribution in [3.8, 4) is 0 Å². The topological polar surface area (TPSA) is 53.6 Å². The van der Waals surface area contributed by atoms with Crippen LogP contribution in [0.1, 0.15) is 19.3 Å². The SMILES string of the molecule is Cl.Cl.O=C(Nc1cc(Cl)ccc1N1CCCCC1)[C@H]1CNCCO1. The first kappa shape index (κ1) is 21.3. The van der Waals surface area contributed by atoms with Gasteiger partial charge in [-0.2, -0.15) is 0 Å². The van der Waals surface area contributed by atoms with Crippen LogP contribution >= 0.6 is 36.4 Å². The zero-order valence-electron chi connectivity index (χ0n) is 13.4. The molecule has 2 aliphatic rings. The third kappa shape index (κ3) is 5.39. The van der Waals surface area contributed by atoms with Crippen LogP contribution in [0.5, 0.6) is 0 Å². The second-order valence-corrected chi connectivity index (χ2v) is 6.20. The van der Waals surface area contributed by atoms with E-state index in [0.717, 1.165) is 31.0 Å². The molecule has 1 atom stereocenters. The number of hydrogen-bond donors (Lipinski definition) is 2. The monoisotopic (exact) mass is 395 g/mol. The standard InChI is InChI=1S/C16H22ClN3O2.2ClH/c17-12-4-5-14(20-7-2-1-3-8-20)13(10-12)19-16(21)15-11-18-6-9-22-15;;/h4-5,10,15,18H,1-3,6-9,11H2,(H,19,21);2*1H/t15-;;/m1../s1. The van der Waals surface area contributed by atoms with Gasteiger partial charge in [-0.25, -0.2) is 0 Å². The van der Waals surface area contributed by atoms with Crippen molar-refractivity contribution >= 4 is 53.7 Å². The summed E-state index contributed by atoms with van der Waals surface area (Å²) < 4.78 is 5.51. The van der Waals surface area contributed by atoms with Gasteiger partial charge in [-0.3, -0.25) is 4.79 Å². The van der Waals surface area contributed by atoms with E-state index in [9.17, 15) is 4.79 Å². The number of nitrogens with one attached hydrogen (secondary N) is 2. The Bertz CT molecular complexity index is 533. The molecule has 3 rings (SSSR count). The summed E-state index contributed by atoms with van der Waals surface area (Å²) in [7, 11) is 0. The molecule has 136 valence electrons. The molecule has 24 heavy (non-hydrogen) atoms. The number of carbonyl (C=O) groups excluding carboxylic acids is 1. The second-order valence-electron chi connectivity index (χ2n) is 5.76. The van der Waals surface area contributed by atoms with Crippen molar-refractivity contribution in [1.29, 1.82) is 0 Å². The van der Waals surface area contributed by atoms with Gasteiger partial charge in [-0.05, 0) is 37.5 Å². The number of carbonyl (C=O) groups is 1. The maximum Gasteiger partial charge on any atom is 0.254 e. The van der Waals surface area contributed by atoms with E-state index in [0.29, 0.717) is 18.2 Å². The van der Waals surface area contributed by atoms with Gasteiger partial charge in [0.05, 0.1) is 18.0 Å². The lowest BCUT2D eigenvalue weighted by Crippen LogP contribution is -2.45. The zero-order chi connectivity index (χ0) is 15.4. The summed E-state index contributed by atoms with van der Waals surface area (Å²) in [4.78, 5) is 14.7. The normalized spacial score (nSPS) is 20.5. The van der Waals surface area contributed by atoms with Crippen LogP contribution in [0.3, 0.4) is 0 Å². The Labute approximate surface area is 160 Å². The fourth-order valence-electron chi connectivity index (χ4n) is 2.97. The molecule has 5 nitrogen and oxygen atoms in total. The van der Waals surface area contributed by atoms with Crippen LogP contribution in [0.15, 0.2) is 18.2 Å². The van der Waals surface area contributed by atoms with Crippen molar-refractivity contribution in [3.05, 3.63) is 23.2 Å². The van der Waals surface area contributed by atoms with Crippen molar-refractivity contribution in [2.24, 2.45) is 0 Å². The fraction of sp³-hybridized carbons (Fsp3) is 0.562. The van der Waals surface area contributed by atoms with Crippen LogP contribution < -0.4 is 15.5 Å². The molecular weight excluding hydrogens is 373 g/mol. The highest BCUT2D eigenvalue weighted by Crippen LogP contribution is 2.31. The highest BCUT2D eigenvalue weighted by Gasteiger charge is 2.23. The third-order valence-corrected chi connectivity index (χ3v) is 4.37. The fourth-order valence-corrected chi connectivity index (χ4v) is 3.14. The summed E-state index contributed by atoms with van der Waals surface area (Å²) in [5, 5.41) is 6.78. The van der Waals surface area contributed by atoms with Crippen LogP contribution in [0.2, 0.25) is 5.02 Å². The van der Waals surface area contributed by atoms with Gasteiger partial charge in [0.1, 0.15) is 6.10 Å². The molecule has 0 radical (unpaired) electrons. The number of piperidine rings is 1. The number of nitrogens with zero attached hydrogens (tertiary/aromatic N) is 1. The summed E-state index contributed by atoms with van der Waals surface area (Å²) in [6.45, 7) is 3.94. The first-order valence-electron chi connectivity index (χ1n) is 7.92. The van der Waals surface area contributed by atoms with E-state index < -0.39 is 6.10 Å². The number of anilines is 2. The van der Waals surface area contributed by atoms with Crippen LogP contribution in [-0.4, -0.2) is 44.8 Å². The minimum absolute atomic E-state index is 0. The zero-order valence-corrected chi connectivity index (χ0v) is 15.8. The predicted octanol–water partition coefficient (Wildman–Crippen LogP) is 3.10. The van der Waals surface area contributed by atoms with Crippen LogP contribution in [-0.2, 0) is 9.53 Å². The smallest absolute Gasteiger partial charge is 0.254 e. The molecular formula is C16H24Cl3N3O2. The molecule has 1 aromatic rings. The molecule has 0 spiro atoms. The molecule has 2 aliphatic heterocycles. The molecule has 2 saturated heterocycles. The van der Waals surface area contributed by atoms with Gasteiger partial charge in [0.25, 0.3) is 5.91 Å². The quantitative estimate of drug-likeness (QED) is 0.824. The Kier molecular flexibility index (Phi) is 9.16. The Morgan fingerprint density at radius 3 is 2.67 bits per heavy atom. The first-order chi connectivity index (χ1) is 10.7. The Hall–Kier alpha value is -0.720. The summed E-state index contributed by atoms with van der Waals surface area (Å²) >= 11 is 6.11. The summed E-state index contributed by atoms with van der Waals surface area (Å²) in [5.74, 6) is -0.118. The molecule has 2 N–H and O–H groups in total. The van der Waals surface area contributed by atoms with E-state index in [-0.39, 0.29) is 30.7 Å². The average molecular weight is 397 g/mol. The summed E-state index contributed by atoms with van der Waals surface area (Å²) in [6, 6.07) is 5.68. The highest BCUT2D eigenvalue weighted by molar-refractivity contribution is 6.31. The van der Waals surface area contributed by atoms with Crippen molar-refractivity contribution in [2.45, 2.75) is 25.4 Å². The largest absolute Gasteiger partial charge is 0.370 e. The molecule has 8 heteroatoms. The number of morpholine rings is 1. The van der Waals surface area contributed by atoms with E-state index >= 15 is 0 Å². The Balaban J connectivity index is 0.00000144. The van der Waals surface area contributed by atoms with Gasteiger partial charge in [0, 0.05) is 31.2 Å². The number of amides is 1. The summed E-state index contributed by atoms with van der Waals surface area (Å²) in [6.07, 6.45) is 3.20. The van der Waals surface area contributed by atoms with Crippen molar-refractivity contribution in [3.63, 3.8) is 0 Å². The van der Waals surface area contributed by atoms with E-state index in [4.69, 9.17) is 16.3 Å². The van der Waals surface area contributed by atoms with Gasteiger partial charge in [0.15, 0.2) is 0 Å². The molecule has 0 saturated carbocycles. The van der Waals surface area contributed by atoms with E-state index in [2.05, 4.69) is 15.5 Å². The van der Waals surface area contributed by atoms with E-state index in [1.54, 1.807) is 0 Å². The molecule has 2 heterocycles. The number of rotatable bonds is 3. The number of halogens is 3.